The quantitative estimate of drug-likeness (QED) is 0.120. The second kappa shape index (κ2) is 9.84. The fourth-order valence-electron chi connectivity index (χ4n) is 6.52. The molecule has 0 heterocycles. The average molecular weight is 555 g/mol. The Morgan fingerprint density at radius 1 is 0.333 bits per heavy atom. The van der Waals surface area contributed by atoms with Gasteiger partial charge in [-0.1, -0.05) is 152 Å². The first-order valence-electron chi connectivity index (χ1n) is 14.3. The lowest BCUT2D eigenvalue weighted by Gasteiger charge is -2.21. The van der Waals surface area contributed by atoms with E-state index in [-0.39, 0.29) is 0 Å². The normalized spacial score (nSPS) is 11.9. The van der Waals surface area contributed by atoms with Gasteiger partial charge in [0, 0.05) is 15.9 Å². The van der Waals surface area contributed by atoms with Crippen LogP contribution in [-0.4, -0.2) is 0 Å². The first-order valence-corrected chi connectivity index (χ1v) is 16.0. The molecule has 0 atom stereocenters. The van der Waals surface area contributed by atoms with E-state index in [1.807, 2.05) is 66.7 Å². The highest BCUT2D eigenvalue weighted by atomic mass is 31.2. The molecule has 0 unspecified atom stereocenters. The Morgan fingerprint density at radius 2 is 0.810 bits per heavy atom. The molecule has 0 saturated carbocycles. The van der Waals surface area contributed by atoms with Crippen LogP contribution in [0.1, 0.15) is 0 Å². The maximum atomic E-state index is 15.3. The van der Waals surface area contributed by atoms with Gasteiger partial charge in [0.05, 0.1) is 0 Å². The lowest BCUT2D eigenvalue weighted by molar-refractivity contribution is 0.592. The highest BCUT2D eigenvalue weighted by Crippen LogP contribution is 2.45. The van der Waals surface area contributed by atoms with Crippen LogP contribution in [0.15, 0.2) is 164 Å². The highest BCUT2D eigenvalue weighted by Gasteiger charge is 2.30. The Bertz CT molecular complexity index is 2180. The number of hydrogen-bond acceptors (Lipinski definition) is 1. The third-order valence-electron chi connectivity index (χ3n) is 8.51. The molecule has 8 aromatic carbocycles. The minimum atomic E-state index is -3.12. The number of rotatable bonds is 4. The van der Waals surface area contributed by atoms with Crippen LogP contribution in [0.25, 0.3) is 54.2 Å². The summed E-state index contributed by atoms with van der Waals surface area (Å²) in [6.45, 7) is 0. The maximum Gasteiger partial charge on any atom is 0.171 e. The Kier molecular flexibility index (Phi) is 5.81. The van der Waals surface area contributed by atoms with Gasteiger partial charge < -0.3 is 4.57 Å². The van der Waals surface area contributed by atoms with Crippen LogP contribution in [0.2, 0.25) is 0 Å². The largest absolute Gasteiger partial charge is 0.309 e. The van der Waals surface area contributed by atoms with Crippen molar-refractivity contribution in [2.45, 2.75) is 0 Å². The van der Waals surface area contributed by atoms with Crippen molar-refractivity contribution in [3.05, 3.63) is 164 Å². The van der Waals surface area contributed by atoms with Gasteiger partial charge in [0.2, 0.25) is 0 Å². The molecule has 0 aliphatic rings. The minimum absolute atomic E-state index is 0.837. The molecule has 0 aliphatic carbocycles. The number of fused-ring (bicyclic) bond motifs is 6. The molecule has 198 valence electrons. The molecule has 0 saturated heterocycles. The van der Waals surface area contributed by atoms with Crippen molar-refractivity contribution < 1.29 is 4.57 Å². The second-order valence-electron chi connectivity index (χ2n) is 10.8. The first-order chi connectivity index (χ1) is 20.7. The summed E-state index contributed by atoms with van der Waals surface area (Å²) in [6, 6.07) is 56.8. The number of benzene rings is 8. The van der Waals surface area contributed by atoms with Crippen LogP contribution < -0.4 is 15.9 Å². The molecule has 0 N–H and O–H groups in total. The molecular formula is C40H27OP. The van der Waals surface area contributed by atoms with Crippen molar-refractivity contribution in [1.29, 1.82) is 0 Å². The molecule has 0 aromatic heterocycles. The van der Waals surface area contributed by atoms with Crippen molar-refractivity contribution in [2.24, 2.45) is 0 Å². The second-order valence-corrected chi connectivity index (χ2v) is 13.6. The smallest absolute Gasteiger partial charge is 0.171 e. The summed E-state index contributed by atoms with van der Waals surface area (Å²) in [5.74, 6) is 0. The van der Waals surface area contributed by atoms with E-state index in [2.05, 4.69) is 97.1 Å². The molecule has 0 amide bonds. The van der Waals surface area contributed by atoms with Crippen LogP contribution in [0.3, 0.4) is 0 Å². The SMILES string of the molecule is O=P(c1ccccc1)(c1ccccc1)c1cccc(-c2c3ccc4ccccc4c3cc3c2ccc2ccccc23)c1. The minimum Gasteiger partial charge on any atom is -0.309 e. The van der Waals surface area contributed by atoms with E-state index >= 15 is 4.57 Å². The van der Waals surface area contributed by atoms with E-state index in [1.54, 1.807) is 0 Å². The van der Waals surface area contributed by atoms with Gasteiger partial charge in [-0.25, -0.2) is 0 Å². The Balaban J connectivity index is 1.48. The molecule has 1 nitrogen and oxygen atoms in total. The topological polar surface area (TPSA) is 17.1 Å². The summed E-state index contributed by atoms with van der Waals surface area (Å²) in [6.07, 6.45) is 0. The van der Waals surface area contributed by atoms with Crippen molar-refractivity contribution in [3.8, 4) is 11.1 Å². The fraction of sp³-hybridized carbons (Fsp3) is 0. The molecule has 0 spiro atoms. The molecule has 2 heteroatoms. The number of hydrogen-bond donors (Lipinski definition) is 0. The van der Waals surface area contributed by atoms with E-state index < -0.39 is 7.14 Å². The van der Waals surface area contributed by atoms with E-state index in [0.717, 1.165) is 21.5 Å². The first kappa shape index (κ1) is 24.8. The van der Waals surface area contributed by atoms with E-state index in [0.29, 0.717) is 0 Å². The van der Waals surface area contributed by atoms with E-state index in [9.17, 15) is 0 Å². The van der Waals surface area contributed by atoms with Gasteiger partial charge in [-0.3, -0.25) is 0 Å². The van der Waals surface area contributed by atoms with Gasteiger partial charge in [0.15, 0.2) is 7.14 Å². The van der Waals surface area contributed by atoms with Crippen molar-refractivity contribution >= 4 is 66.1 Å². The van der Waals surface area contributed by atoms with E-state index in [4.69, 9.17) is 0 Å². The zero-order valence-electron chi connectivity index (χ0n) is 22.9. The van der Waals surface area contributed by atoms with Crippen LogP contribution in [0, 0.1) is 0 Å². The van der Waals surface area contributed by atoms with Crippen LogP contribution in [0.4, 0.5) is 0 Å². The van der Waals surface area contributed by atoms with Crippen molar-refractivity contribution in [2.75, 3.05) is 0 Å². The molecule has 8 aromatic rings. The van der Waals surface area contributed by atoms with Crippen molar-refractivity contribution in [1.82, 2.24) is 0 Å². The van der Waals surface area contributed by atoms with Gasteiger partial charge in [-0.15, -0.1) is 0 Å². The van der Waals surface area contributed by atoms with Gasteiger partial charge in [0.1, 0.15) is 0 Å². The van der Waals surface area contributed by atoms with E-state index in [1.165, 1.54) is 48.7 Å². The predicted octanol–water partition coefficient (Wildman–Crippen LogP) is 9.61. The van der Waals surface area contributed by atoms with Gasteiger partial charge in [-0.2, -0.15) is 0 Å². The third-order valence-corrected chi connectivity index (χ3v) is 11.6. The lowest BCUT2D eigenvalue weighted by atomic mass is 9.88. The zero-order valence-corrected chi connectivity index (χ0v) is 23.8. The Hall–Kier alpha value is -4.97. The summed E-state index contributed by atoms with van der Waals surface area (Å²) in [7, 11) is -3.12. The van der Waals surface area contributed by atoms with Crippen LogP contribution in [0.5, 0.6) is 0 Å². The van der Waals surface area contributed by atoms with Crippen molar-refractivity contribution in [3.63, 3.8) is 0 Å². The molecule has 0 radical (unpaired) electrons. The average Bonchev–Trinajstić information content (AvgIpc) is 3.07. The molecule has 0 bridgehead atoms. The Morgan fingerprint density at radius 3 is 1.36 bits per heavy atom. The highest BCUT2D eigenvalue weighted by molar-refractivity contribution is 7.85. The lowest BCUT2D eigenvalue weighted by Crippen LogP contribution is -2.25. The summed E-state index contributed by atoms with van der Waals surface area (Å²) in [5.41, 5.74) is 2.24. The maximum absolute atomic E-state index is 15.3. The predicted molar refractivity (Wildman–Crippen MR) is 181 cm³/mol. The Labute approximate surface area is 245 Å². The van der Waals surface area contributed by atoms with Gasteiger partial charge >= 0.3 is 0 Å². The van der Waals surface area contributed by atoms with Gasteiger partial charge in [0.25, 0.3) is 0 Å². The zero-order chi connectivity index (χ0) is 28.1. The van der Waals surface area contributed by atoms with Crippen LogP contribution >= 0.6 is 7.14 Å². The standard InChI is InChI=1S/C40H27OP/c41-42(31-15-3-1-4-16-31,32-17-5-2-6-18-32)33-19-11-14-30(26-33)40-36-24-22-28-12-7-9-20-34(28)38(36)27-39-35-21-10-8-13-29(35)23-25-37(39)40/h1-27H. The molecule has 42 heavy (non-hydrogen) atoms. The third kappa shape index (κ3) is 3.82. The van der Waals surface area contributed by atoms with Gasteiger partial charge in [-0.05, 0) is 66.3 Å². The fourth-order valence-corrected chi connectivity index (χ4v) is 9.21. The van der Waals surface area contributed by atoms with Crippen LogP contribution in [-0.2, 0) is 4.57 Å². The summed E-state index contributed by atoms with van der Waals surface area (Å²) >= 11 is 0. The molecule has 8 rings (SSSR count). The molecular weight excluding hydrogens is 527 g/mol. The summed E-state index contributed by atoms with van der Waals surface area (Å²) in [4.78, 5) is 0. The molecule has 0 aliphatic heterocycles. The summed E-state index contributed by atoms with van der Waals surface area (Å²) < 4.78 is 15.3. The molecule has 0 fully saturated rings. The summed E-state index contributed by atoms with van der Waals surface area (Å²) in [5, 5.41) is 12.3. The monoisotopic (exact) mass is 554 g/mol.